The van der Waals surface area contributed by atoms with Crippen LogP contribution in [0.1, 0.15) is 24.9 Å². The van der Waals surface area contributed by atoms with Gasteiger partial charge in [0.25, 0.3) is 0 Å². The number of rotatable bonds is 3. The topological polar surface area (TPSA) is 32.3 Å². The number of carbonyl (C=O) groups is 1. The first kappa shape index (κ1) is 13.4. The van der Waals surface area contributed by atoms with Crippen LogP contribution in [0.5, 0.6) is 0 Å². The maximum Gasteiger partial charge on any atom is 0.238 e. The van der Waals surface area contributed by atoms with Crippen molar-refractivity contribution in [3.8, 4) is 0 Å². The van der Waals surface area contributed by atoms with Crippen molar-refractivity contribution in [2.75, 3.05) is 19.8 Å². The fourth-order valence-electron chi connectivity index (χ4n) is 2.28. The Kier molecular flexibility index (Phi) is 4.30. The molecule has 0 bridgehead atoms. The third-order valence-corrected chi connectivity index (χ3v) is 4.34. The lowest BCUT2D eigenvalue weighted by molar-refractivity contribution is -0.130. The highest BCUT2D eigenvalue weighted by atomic mass is 32.2. The van der Waals surface area contributed by atoms with Crippen molar-refractivity contribution in [3.63, 3.8) is 0 Å². The highest BCUT2D eigenvalue weighted by Gasteiger charge is 2.24. The Hall–Kier alpha value is -1.00. The molecule has 0 fully saturated rings. The number of benzene rings is 1. The van der Waals surface area contributed by atoms with Crippen LogP contribution in [0.4, 0.5) is 0 Å². The van der Waals surface area contributed by atoms with Gasteiger partial charge in [0, 0.05) is 25.0 Å². The summed E-state index contributed by atoms with van der Waals surface area (Å²) in [6.45, 7) is 1.94. The molecule has 2 atom stereocenters. The molecule has 4 heteroatoms. The molecular weight excluding hydrogens is 244 g/mol. The van der Waals surface area contributed by atoms with Crippen LogP contribution in [0.2, 0.25) is 0 Å². The molecule has 1 N–H and O–H groups in total. The Balaban J connectivity index is 2.10. The molecule has 2 unspecified atom stereocenters. The van der Waals surface area contributed by atoms with Gasteiger partial charge in [-0.3, -0.25) is 10.1 Å². The molecule has 1 amide bonds. The Morgan fingerprint density at radius 3 is 2.89 bits per heavy atom. The highest BCUT2D eigenvalue weighted by molar-refractivity contribution is 7.99. The number of carbonyl (C=O) groups excluding carboxylic acids is 1. The summed E-state index contributed by atoms with van der Waals surface area (Å²) < 4.78 is 0. The van der Waals surface area contributed by atoms with E-state index in [1.54, 1.807) is 19.0 Å². The lowest BCUT2D eigenvalue weighted by atomic mass is 10.0. The Bertz CT molecular complexity index is 434. The zero-order valence-corrected chi connectivity index (χ0v) is 12.0. The van der Waals surface area contributed by atoms with Gasteiger partial charge in [-0.1, -0.05) is 18.2 Å². The van der Waals surface area contributed by atoms with E-state index >= 15 is 0 Å². The van der Waals surface area contributed by atoms with E-state index in [1.165, 1.54) is 10.5 Å². The molecule has 1 aromatic carbocycles. The largest absolute Gasteiger partial charge is 0.347 e. The van der Waals surface area contributed by atoms with E-state index in [0.717, 1.165) is 12.2 Å². The van der Waals surface area contributed by atoms with E-state index in [1.807, 2.05) is 18.7 Å². The summed E-state index contributed by atoms with van der Waals surface area (Å²) in [5.41, 5.74) is 1.33. The summed E-state index contributed by atoms with van der Waals surface area (Å²) in [4.78, 5) is 14.9. The van der Waals surface area contributed by atoms with Crippen LogP contribution in [0.25, 0.3) is 0 Å². The minimum atomic E-state index is -0.138. The number of nitrogens with zero attached hydrogens (tertiary/aromatic N) is 1. The molecule has 0 spiro atoms. The lowest BCUT2D eigenvalue weighted by Gasteiger charge is -2.29. The van der Waals surface area contributed by atoms with Crippen LogP contribution in [0.3, 0.4) is 0 Å². The first-order valence-electron chi connectivity index (χ1n) is 6.28. The predicted molar refractivity (Wildman–Crippen MR) is 75.8 cm³/mol. The number of fused-ring (bicyclic) bond motifs is 1. The number of hydrogen-bond donors (Lipinski definition) is 1. The van der Waals surface area contributed by atoms with Crippen molar-refractivity contribution in [3.05, 3.63) is 29.8 Å². The fraction of sp³-hybridized carbons (Fsp3) is 0.500. The SMILES string of the molecule is CC(NC1CCSc2ccccc21)C(=O)N(C)C. The standard InChI is InChI=1S/C14H20N2OS/c1-10(14(17)16(2)3)15-12-8-9-18-13-7-5-4-6-11(12)13/h4-7,10,12,15H,8-9H2,1-3H3. The minimum absolute atomic E-state index is 0.130. The normalized spacial score (nSPS) is 20.1. The first-order valence-corrected chi connectivity index (χ1v) is 7.27. The van der Waals surface area contributed by atoms with Crippen LogP contribution in [-0.2, 0) is 4.79 Å². The zero-order valence-electron chi connectivity index (χ0n) is 11.1. The monoisotopic (exact) mass is 264 g/mol. The van der Waals surface area contributed by atoms with Gasteiger partial charge in [-0.2, -0.15) is 0 Å². The zero-order chi connectivity index (χ0) is 13.1. The summed E-state index contributed by atoms with van der Waals surface area (Å²) in [7, 11) is 3.59. The second-order valence-corrected chi connectivity index (χ2v) is 5.99. The molecule has 1 heterocycles. The van der Waals surface area contributed by atoms with Gasteiger partial charge in [-0.05, 0) is 30.7 Å². The fourth-order valence-corrected chi connectivity index (χ4v) is 3.40. The maximum absolute atomic E-state index is 11.9. The number of thioether (sulfide) groups is 1. The average Bonchev–Trinajstić information content (AvgIpc) is 2.38. The summed E-state index contributed by atoms with van der Waals surface area (Å²) >= 11 is 1.90. The van der Waals surface area contributed by atoms with Gasteiger partial charge in [0.1, 0.15) is 0 Å². The molecule has 0 saturated carbocycles. The third kappa shape index (κ3) is 2.87. The van der Waals surface area contributed by atoms with Crippen LogP contribution < -0.4 is 5.32 Å². The van der Waals surface area contributed by atoms with Crippen molar-refractivity contribution in [2.24, 2.45) is 0 Å². The quantitative estimate of drug-likeness (QED) is 0.909. The molecule has 0 aromatic heterocycles. The van der Waals surface area contributed by atoms with Gasteiger partial charge in [0.15, 0.2) is 0 Å². The molecule has 0 aliphatic carbocycles. The molecule has 0 radical (unpaired) electrons. The van der Waals surface area contributed by atoms with E-state index in [4.69, 9.17) is 0 Å². The smallest absolute Gasteiger partial charge is 0.238 e. The van der Waals surface area contributed by atoms with Gasteiger partial charge >= 0.3 is 0 Å². The van der Waals surface area contributed by atoms with Crippen LogP contribution in [0.15, 0.2) is 29.2 Å². The van der Waals surface area contributed by atoms with Crippen LogP contribution in [0, 0.1) is 0 Å². The van der Waals surface area contributed by atoms with E-state index < -0.39 is 0 Å². The molecule has 2 rings (SSSR count). The Morgan fingerprint density at radius 2 is 2.17 bits per heavy atom. The van der Waals surface area contributed by atoms with Crippen molar-refractivity contribution >= 4 is 17.7 Å². The first-order chi connectivity index (χ1) is 8.59. The van der Waals surface area contributed by atoms with Gasteiger partial charge < -0.3 is 4.90 Å². The van der Waals surface area contributed by atoms with Gasteiger partial charge in [0.2, 0.25) is 5.91 Å². The maximum atomic E-state index is 11.9. The molecule has 1 aliphatic heterocycles. The molecular formula is C14H20N2OS. The second kappa shape index (κ2) is 5.76. The molecule has 1 aliphatic rings. The van der Waals surface area contributed by atoms with E-state index in [0.29, 0.717) is 6.04 Å². The summed E-state index contributed by atoms with van der Waals surface area (Å²) in [5.74, 6) is 1.24. The van der Waals surface area contributed by atoms with Crippen molar-refractivity contribution in [2.45, 2.75) is 30.3 Å². The number of nitrogens with one attached hydrogen (secondary N) is 1. The van der Waals surface area contributed by atoms with Crippen LogP contribution >= 0.6 is 11.8 Å². The minimum Gasteiger partial charge on any atom is -0.347 e. The molecule has 98 valence electrons. The van der Waals surface area contributed by atoms with E-state index in [9.17, 15) is 4.79 Å². The van der Waals surface area contributed by atoms with Crippen molar-refractivity contribution in [1.82, 2.24) is 10.2 Å². The third-order valence-electron chi connectivity index (χ3n) is 3.22. The molecule has 18 heavy (non-hydrogen) atoms. The number of likely N-dealkylation sites (N-methyl/N-ethyl adjacent to an activating group) is 1. The van der Waals surface area contributed by atoms with Crippen molar-refractivity contribution < 1.29 is 4.79 Å². The van der Waals surface area contributed by atoms with Gasteiger partial charge in [-0.25, -0.2) is 0 Å². The van der Waals surface area contributed by atoms with Gasteiger partial charge in [0.05, 0.1) is 6.04 Å². The Labute approximate surface area is 113 Å². The van der Waals surface area contributed by atoms with E-state index in [2.05, 4.69) is 29.6 Å². The summed E-state index contributed by atoms with van der Waals surface area (Å²) in [6, 6.07) is 8.61. The van der Waals surface area contributed by atoms with E-state index in [-0.39, 0.29) is 11.9 Å². The summed E-state index contributed by atoms with van der Waals surface area (Å²) in [5, 5.41) is 3.45. The molecule has 1 aromatic rings. The number of amides is 1. The average molecular weight is 264 g/mol. The highest BCUT2D eigenvalue weighted by Crippen LogP contribution is 2.35. The molecule has 3 nitrogen and oxygen atoms in total. The second-order valence-electron chi connectivity index (χ2n) is 4.85. The number of hydrogen-bond acceptors (Lipinski definition) is 3. The Morgan fingerprint density at radius 1 is 1.44 bits per heavy atom. The van der Waals surface area contributed by atoms with Gasteiger partial charge in [-0.15, -0.1) is 11.8 Å². The van der Waals surface area contributed by atoms with Crippen LogP contribution in [-0.4, -0.2) is 36.7 Å². The molecule has 0 saturated heterocycles. The summed E-state index contributed by atoms with van der Waals surface area (Å²) in [6.07, 6.45) is 1.08. The van der Waals surface area contributed by atoms with Crippen molar-refractivity contribution in [1.29, 1.82) is 0 Å². The lowest BCUT2D eigenvalue weighted by Crippen LogP contribution is -2.43. The predicted octanol–water partition coefficient (Wildman–Crippen LogP) is 2.29.